The van der Waals surface area contributed by atoms with E-state index in [4.69, 9.17) is 4.74 Å². The van der Waals surface area contributed by atoms with Crippen molar-refractivity contribution in [1.82, 2.24) is 0 Å². The van der Waals surface area contributed by atoms with Crippen LogP contribution in [0.1, 0.15) is 41.8 Å². The third-order valence-corrected chi connectivity index (χ3v) is 4.03. The second-order valence-corrected chi connectivity index (χ2v) is 5.73. The number of ketones is 1. The molecule has 2 aromatic carbocycles. The Hall–Kier alpha value is -2.68. The Bertz CT molecular complexity index is 790. The van der Waals surface area contributed by atoms with Crippen LogP contribution in [0.15, 0.2) is 60.7 Å². The highest BCUT2D eigenvalue weighted by Crippen LogP contribution is 2.37. The van der Waals surface area contributed by atoms with E-state index in [0.717, 1.165) is 16.7 Å². The Labute approximate surface area is 135 Å². The normalized spacial score (nSPS) is 19.7. The molecule has 0 aliphatic heterocycles. The van der Waals surface area contributed by atoms with E-state index >= 15 is 0 Å². The molecule has 3 rings (SSSR count). The standard InChI is InChI=1S/C20H18O3/c1-3-18(21)23-20(2)13-17(14-9-5-4-6-10-14)15-11-7-8-12-16(15)19(20)22/h4-13H,3H2,1-2H3/t20-/m0/s1. The van der Waals surface area contributed by atoms with Gasteiger partial charge in [0.25, 0.3) is 0 Å². The summed E-state index contributed by atoms with van der Waals surface area (Å²) < 4.78 is 5.48. The largest absolute Gasteiger partial charge is 0.447 e. The Morgan fingerprint density at radius 3 is 2.26 bits per heavy atom. The molecule has 0 saturated carbocycles. The highest BCUT2D eigenvalue weighted by atomic mass is 16.6. The number of benzene rings is 2. The Kier molecular flexibility index (Phi) is 3.87. The molecule has 0 radical (unpaired) electrons. The summed E-state index contributed by atoms with van der Waals surface area (Å²) in [5, 5.41) is 0. The summed E-state index contributed by atoms with van der Waals surface area (Å²) in [7, 11) is 0. The van der Waals surface area contributed by atoms with Gasteiger partial charge in [-0.1, -0.05) is 61.5 Å². The quantitative estimate of drug-likeness (QED) is 0.804. The van der Waals surface area contributed by atoms with E-state index in [2.05, 4.69) is 0 Å². The fourth-order valence-corrected chi connectivity index (χ4v) is 2.84. The Morgan fingerprint density at radius 1 is 1.00 bits per heavy atom. The molecule has 0 bridgehead atoms. The van der Waals surface area contributed by atoms with E-state index in [1.54, 1.807) is 26.0 Å². The van der Waals surface area contributed by atoms with E-state index in [9.17, 15) is 9.59 Å². The van der Waals surface area contributed by atoms with Crippen LogP contribution < -0.4 is 0 Å². The summed E-state index contributed by atoms with van der Waals surface area (Å²) in [6, 6.07) is 17.3. The van der Waals surface area contributed by atoms with Crippen molar-refractivity contribution < 1.29 is 14.3 Å². The molecule has 0 amide bonds. The maximum atomic E-state index is 12.8. The number of esters is 1. The van der Waals surface area contributed by atoms with Crippen LogP contribution in [0.4, 0.5) is 0 Å². The molecule has 0 heterocycles. The van der Waals surface area contributed by atoms with Crippen LogP contribution in [-0.2, 0) is 9.53 Å². The van der Waals surface area contributed by atoms with Gasteiger partial charge in [0.15, 0.2) is 5.60 Å². The van der Waals surface area contributed by atoms with Crippen molar-refractivity contribution in [1.29, 1.82) is 0 Å². The maximum Gasteiger partial charge on any atom is 0.306 e. The number of ether oxygens (including phenoxy) is 1. The second-order valence-electron chi connectivity index (χ2n) is 5.73. The van der Waals surface area contributed by atoms with Crippen LogP contribution in [0, 0.1) is 0 Å². The minimum atomic E-state index is -1.27. The van der Waals surface area contributed by atoms with E-state index in [-0.39, 0.29) is 18.2 Å². The summed E-state index contributed by atoms with van der Waals surface area (Å²) in [5.74, 6) is -0.571. The summed E-state index contributed by atoms with van der Waals surface area (Å²) in [6.07, 6.45) is 2.00. The molecule has 23 heavy (non-hydrogen) atoms. The van der Waals surface area contributed by atoms with E-state index in [1.165, 1.54) is 0 Å². The minimum Gasteiger partial charge on any atom is -0.447 e. The van der Waals surface area contributed by atoms with E-state index in [0.29, 0.717) is 5.56 Å². The SMILES string of the molecule is CCC(=O)O[C@@]1(C)C=C(c2ccccc2)c2ccccc2C1=O. The summed E-state index contributed by atoms with van der Waals surface area (Å²) in [6.45, 7) is 3.37. The van der Waals surface area contributed by atoms with Gasteiger partial charge < -0.3 is 4.74 Å². The smallest absolute Gasteiger partial charge is 0.306 e. The molecular weight excluding hydrogens is 288 g/mol. The molecule has 0 aromatic heterocycles. The lowest BCUT2D eigenvalue weighted by Gasteiger charge is -2.31. The maximum absolute atomic E-state index is 12.8. The molecule has 0 fully saturated rings. The van der Waals surface area contributed by atoms with Gasteiger partial charge in [-0.3, -0.25) is 9.59 Å². The lowest BCUT2D eigenvalue weighted by molar-refractivity contribution is -0.150. The predicted molar refractivity (Wildman–Crippen MR) is 89.1 cm³/mol. The van der Waals surface area contributed by atoms with Gasteiger partial charge >= 0.3 is 5.97 Å². The lowest BCUT2D eigenvalue weighted by atomic mass is 9.79. The Balaban J connectivity index is 2.18. The number of carbonyl (C=O) groups is 2. The van der Waals surface area contributed by atoms with Crippen molar-refractivity contribution in [3.05, 3.63) is 77.4 Å². The molecule has 1 aliphatic carbocycles. The van der Waals surface area contributed by atoms with Crippen molar-refractivity contribution in [3.63, 3.8) is 0 Å². The van der Waals surface area contributed by atoms with Crippen molar-refractivity contribution in [2.24, 2.45) is 0 Å². The molecule has 2 aromatic rings. The third-order valence-electron chi connectivity index (χ3n) is 4.03. The van der Waals surface area contributed by atoms with Gasteiger partial charge in [0.1, 0.15) is 0 Å². The molecule has 1 atom stereocenters. The summed E-state index contributed by atoms with van der Waals surface area (Å²) in [5.41, 5.74) is 2.08. The van der Waals surface area contributed by atoms with Crippen molar-refractivity contribution in [2.45, 2.75) is 25.9 Å². The molecule has 0 N–H and O–H groups in total. The zero-order valence-corrected chi connectivity index (χ0v) is 13.2. The van der Waals surface area contributed by atoms with E-state index < -0.39 is 5.60 Å². The van der Waals surface area contributed by atoms with Crippen LogP contribution >= 0.6 is 0 Å². The molecule has 0 spiro atoms. The number of hydrogen-bond donors (Lipinski definition) is 0. The van der Waals surface area contributed by atoms with Gasteiger partial charge in [-0.05, 0) is 29.7 Å². The number of Topliss-reactive ketones (excluding diaryl/α,β-unsaturated/α-hetero) is 1. The predicted octanol–water partition coefficient (Wildman–Crippen LogP) is 4.03. The highest BCUT2D eigenvalue weighted by molar-refractivity contribution is 6.12. The Morgan fingerprint density at radius 2 is 1.61 bits per heavy atom. The van der Waals surface area contributed by atoms with Gasteiger partial charge in [-0.25, -0.2) is 0 Å². The highest BCUT2D eigenvalue weighted by Gasteiger charge is 2.41. The minimum absolute atomic E-state index is 0.186. The van der Waals surface area contributed by atoms with Crippen LogP contribution in [0.2, 0.25) is 0 Å². The molecule has 0 saturated heterocycles. The first-order chi connectivity index (χ1) is 11.0. The van der Waals surface area contributed by atoms with Gasteiger partial charge in [0.05, 0.1) is 0 Å². The van der Waals surface area contributed by atoms with Crippen LogP contribution in [0.5, 0.6) is 0 Å². The first-order valence-electron chi connectivity index (χ1n) is 7.69. The van der Waals surface area contributed by atoms with Gasteiger partial charge in [-0.15, -0.1) is 0 Å². The third kappa shape index (κ3) is 2.70. The molecule has 3 heteroatoms. The topological polar surface area (TPSA) is 43.4 Å². The van der Waals surface area contributed by atoms with Gasteiger partial charge in [0.2, 0.25) is 5.78 Å². The van der Waals surface area contributed by atoms with Crippen molar-refractivity contribution in [2.75, 3.05) is 0 Å². The van der Waals surface area contributed by atoms with Crippen LogP contribution in [-0.4, -0.2) is 17.4 Å². The molecular formula is C20H18O3. The average molecular weight is 306 g/mol. The van der Waals surface area contributed by atoms with Gasteiger partial charge in [-0.2, -0.15) is 0 Å². The number of rotatable bonds is 3. The molecule has 3 nitrogen and oxygen atoms in total. The summed E-state index contributed by atoms with van der Waals surface area (Å²) >= 11 is 0. The van der Waals surface area contributed by atoms with E-state index in [1.807, 2.05) is 48.5 Å². The zero-order valence-electron chi connectivity index (χ0n) is 13.2. The van der Waals surface area contributed by atoms with Crippen LogP contribution in [0.25, 0.3) is 5.57 Å². The van der Waals surface area contributed by atoms with Crippen molar-refractivity contribution in [3.8, 4) is 0 Å². The second kappa shape index (κ2) is 5.84. The lowest BCUT2D eigenvalue weighted by Crippen LogP contribution is -2.41. The summed E-state index contributed by atoms with van der Waals surface area (Å²) in [4.78, 5) is 24.6. The molecule has 1 aliphatic rings. The number of hydrogen-bond acceptors (Lipinski definition) is 3. The molecule has 116 valence electrons. The number of carbonyl (C=O) groups excluding carboxylic acids is 2. The fourth-order valence-electron chi connectivity index (χ4n) is 2.84. The van der Waals surface area contributed by atoms with Crippen LogP contribution in [0.3, 0.4) is 0 Å². The fraction of sp³-hybridized carbons (Fsp3) is 0.200. The average Bonchev–Trinajstić information content (AvgIpc) is 2.59. The number of fused-ring (bicyclic) bond motifs is 1. The first-order valence-corrected chi connectivity index (χ1v) is 7.69. The first kappa shape index (κ1) is 15.2. The monoisotopic (exact) mass is 306 g/mol. The van der Waals surface area contributed by atoms with Gasteiger partial charge in [0, 0.05) is 12.0 Å². The zero-order chi connectivity index (χ0) is 16.4. The van der Waals surface area contributed by atoms with Crippen molar-refractivity contribution >= 4 is 17.3 Å². The molecule has 0 unspecified atom stereocenters.